The summed E-state index contributed by atoms with van der Waals surface area (Å²) in [5.74, 6) is 0.177. The van der Waals surface area contributed by atoms with Gasteiger partial charge in [-0.25, -0.2) is 0 Å². The number of hydrogen-bond donors (Lipinski definition) is 0. The second-order valence-electron chi connectivity index (χ2n) is 4.72. The number of ether oxygens (including phenoxy) is 2. The molecule has 0 fully saturated rings. The van der Waals surface area contributed by atoms with E-state index in [1.807, 2.05) is 38.1 Å². The molecule has 0 saturated carbocycles. The number of amides is 1. The summed E-state index contributed by atoms with van der Waals surface area (Å²) in [5, 5.41) is 0. The Balaban J connectivity index is 2.77. The fourth-order valence-corrected chi connectivity index (χ4v) is 1.82. The lowest BCUT2D eigenvalue weighted by atomic mass is 10.1. The predicted molar refractivity (Wildman–Crippen MR) is 75.6 cm³/mol. The topological polar surface area (TPSA) is 55.8 Å². The van der Waals surface area contributed by atoms with Crippen molar-refractivity contribution in [3.05, 3.63) is 29.8 Å². The van der Waals surface area contributed by atoms with Crippen molar-refractivity contribution < 1.29 is 19.1 Å². The van der Waals surface area contributed by atoms with Crippen molar-refractivity contribution in [3.8, 4) is 5.75 Å². The zero-order chi connectivity index (χ0) is 15.1. The predicted octanol–water partition coefficient (Wildman–Crippen LogP) is 1.65. The molecule has 0 spiro atoms. The van der Waals surface area contributed by atoms with E-state index in [4.69, 9.17) is 4.74 Å². The van der Waals surface area contributed by atoms with E-state index in [1.165, 1.54) is 12.0 Å². The van der Waals surface area contributed by atoms with Gasteiger partial charge in [-0.1, -0.05) is 12.1 Å². The minimum atomic E-state index is -0.419. The van der Waals surface area contributed by atoms with Gasteiger partial charge in [-0.3, -0.25) is 9.59 Å². The summed E-state index contributed by atoms with van der Waals surface area (Å²) >= 11 is 0. The van der Waals surface area contributed by atoms with Gasteiger partial charge in [-0.2, -0.15) is 0 Å². The molecule has 0 atom stereocenters. The third-order valence-corrected chi connectivity index (χ3v) is 2.96. The van der Waals surface area contributed by atoms with Gasteiger partial charge in [0.1, 0.15) is 12.3 Å². The number of carbonyl (C=O) groups excluding carboxylic acids is 2. The monoisotopic (exact) mass is 279 g/mol. The lowest BCUT2D eigenvalue weighted by Gasteiger charge is -2.25. The molecule has 1 aromatic rings. The van der Waals surface area contributed by atoms with Gasteiger partial charge >= 0.3 is 5.97 Å². The molecule has 0 aliphatic rings. The van der Waals surface area contributed by atoms with Crippen molar-refractivity contribution >= 4 is 11.9 Å². The average Bonchev–Trinajstić information content (AvgIpc) is 2.44. The van der Waals surface area contributed by atoms with Gasteiger partial charge in [0.15, 0.2) is 0 Å². The molecular weight excluding hydrogens is 258 g/mol. The number of benzene rings is 1. The molecule has 110 valence electrons. The summed E-state index contributed by atoms with van der Waals surface area (Å²) in [6.07, 6.45) is 0.229. The zero-order valence-corrected chi connectivity index (χ0v) is 12.4. The molecule has 0 bridgehead atoms. The first-order chi connectivity index (χ1) is 9.47. The Labute approximate surface area is 119 Å². The van der Waals surface area contributed by atoms with Crippen molar-refractivity contribution in [3.63, 3.8) is 0 Å². The number of hydrogen-bond acceptors (Lipinski definition) is 4. The summed E-state index contributed by atoms with van der Waals surface area (Å²) in [7, 11) is 2.89. The van der Waals surface area contributed by atoms with Gasteiger partial charge in [0, 0.05) is 6.04 Å². The lowest BCUT2D eigenvalue weighted by Crippen LogP contribution is -2.41. The molecule has 0 saturated heterocycles. The molecule has 0 N–H and O–H groups in total. The molecule has 0 aliphatic heterocycles. The summed E-state index contributed by atoms with van der Waals surface area (Å²) < 4.78 is 9.74. The minimum absolute atomic E-state index is 0.0308. The van der Waals surface area contributed by atoms with Crippen LogP contribution in [0.15, 0.2) is 24.3 Å². The highest BCUT2D eigenvalue weighted by Gasteiger charge is 2.20. The first-order valence-electron chi connectivity index (χ1n) is 6.47. The summed E-state index contributed by atoms with van der Waals surface area (Å²) in [5.41, 5.74) is 0.852. The van der Waals surface area contributed by atoms with E-state index >= 15 is 0 Å². The molecule has 1 aromatic carbocycles. The summed E-state index contributed by atoms with van der Waals surface area (Å²) in [4.78, 5) is 25.1. The van der Waals surface area contributed by atoms with E-state index in [-0.39, 0.29) is 24.9 Å². The number of esters is 1. The molecule has 1 amide bonds. The SMILES string of the molecule is COC(=O)CN(C(=O)Cc1cccc(OC)c1)C(C)C. The van der Waals surface area contributed by atoms with Crippen LogP contribution in [-0.4, -0.2) is 43.6 Å². The second-order valence-corrected chi connectivity index (χ2v) is 4.72. The maximum absolute atomic E-state index is 12.3. The van der Waals surface area contributed by atoms with Gasteiger partial charge in [0.25, 0.3) is 0 Å². The summed E-state index contributed by atoms with van der Waals surface area (Å²) in [6.45, 7) is 3.70. The third kappa shape index (κ3) is 4.57. The Kier molecular flexibility index (Phi) is 6.03. The highest BCUT2D eigenvalue weighted by Crippen LogP contribution is 2.14. The Morgan fingerprint density at radius 1 is 1.25 bits per heavy atom. The van der Waals surface area contributed by atoms with Gasteiger partial charge in [-0.05, 0) is 31.5 Å². The van der Waals surface area contributed by atoms with Gasteiger partial charge in [-0.15, -0.1) is 0 Å². The van der Waals surface area contributed by atoms with Crippen molar-refractivity contribution in [1.29, 1.82) is 0 Å². The zero-order valence-electron chi connectivity index (χ0n) is 12.4. The second kappa shape index (κ2) is 7.53. The lowest BCUT2D eigenvalue weighted by molar-refractivity contribution is -0.148. The molecule has 1 rings (SSSR count). The number of rotatable bonds is 6. The minimum Gasteiger partial charge on any atom is -0.497 e. The first kappa shape index (κ1) is 16.0. The van der Waals surface area contributed by atoms with E-state index in [0.29, 0.717) is 5.75 Å². The van der Waals surface area contributed by atoms with E-state index < -0.39 is 5.97 Å². The normalized spacial score (nSPS) is 10.2. The van der Waals surface area contributed by atoms with E-state index in [2.05, 4.69) is 4.74 Å². The molecular formula is C15H21NO4. The van der Waals surface area contributed by atoms with Gasteiger partial charge in [0.2, 0.25) is 5.91 Å². The van der Waals surface area contributed by atoms with E-state index in [9.17, 15) is 9.59 Å². The van der Waals surface area contributed by atoms with Crippen molar-refractivity contribution in [2.45, 2.75) is 26.3 Å². The van der Waals surface area contributed by atoms with Crippen LogP contribution in [0, 0.1) is 0 Å². The van der Waals surface area contributed by atoms with Crippen LogP contribution in [0.25, 0.3) is 0 Å². The molecule has 0 aromatic heterocycles. The Morgan fingerprint density at radius 3 is 2.50 bits per heavy atom. The van der Waals surface area contributed by atoms with Crippen LogP contribution >= 0.6 is 0 Å². The highest BCUT2D eigenvalue weighted by atomic mass is 16.5. The molecule has 0 unspecified atom stereocenters. The molecule has 0 radical (unpaired) electrons. The number of nitrogens with zero attached hydrogens (tertiary/aromatic N) is 1. The fourth-order valence-electron chi connectivity index (χ4n) is 1.82. The van der Waals surface area contributed by atoms with Gasteiger partial charge < -0.3 is 14.4 Å². The largest absolute Gasteiger partial charge is 0.497 e. The van der Waals surface area contributed by atoms with Gasteiger partial charge in [0.05, 0.1) is 20.6 Å². The molecule has 0 aliphatic carbocycles. The first-order valence-corrected chi connectivity index (χ1v) is 6.47. The number of carbonyl (C=O) groups is 2. The average molecular weight is 279 g/mol. The smallest absolute Gasteiger partial charge is 0.325 e. The van der Waals surface area contributed by atoms with Crippen molar-refractivity contribution in [1.82, 2.24) is 4.90 Å². The van der Waals surface area contributed by atoms with Crippen molar-refractivity contribution in [2.75, 3.05) is 20.8 Å². The standard InChI is InChI=1S/C15H21NO4/c1-11(2)16(10-15(18)20-4)14(17)9-12-6-5-7-13(8-12)19-3/h5-8,11H,9-10H2,1-4H3. The Bertz CT molecular complexity index is 471. The Morgan fingerprint density at radius 2 is 1.95 bits per heavy atom. The highest BCUT2D eigenvalue weighted by molar-refractivity contribution is 5.83. The van der Waals surface area contributed by atoms with Crippen LogP contribution in [0.3, 0.4) is 0 Å². The molecule has 0 heterocycles. The maximum Gasteiger partial charge on any atom is 0.325 e. The maximum atomic E-state index is 12.3. The van der Waals surface area contributed by atoms with Crippen LogP contribution in [0.2, 0.25) is 0 Å². The van der Waals surface area contributed by atoms with Crippen LogP contribution in [0.5, 0.6) is 5.75 Å². The quantitative estimate of drug-likeness (QED) is 0.743. The van der Waals surface area contributed by atoms with Crippen LogP contribution in [0.4, 0.5) is 0 Å². The van der Waals surface area contributed by atoms with Crippen LogP contribution < -0.4 is 4.74 Å². The molecule has 20 heavy (non-hydrogen) atoms. The van der Waals surface area contributed by atoms with E-state index in [0.717, 1.165) is 5.56 Å². The van der Waals surface area contributed by atoms with Crippen LogP contribution in [-0.2, 0) is 20.7 Å². The fraction of sp³-hybridized carbons (Fsp3) is 0.467. The van der Waals surface area contributed by atoms with Crippen molar-refractivity contribution in [2.24, 2.45) is 0 Å². The summed E-state index contributed by atoms with van der Waals surface area (Å²) in [6, 6.07) is 7.27. The van der Waals surface area contributed by atoms with E-state index in [1.54, 1.807) is 7.11 Å². The van der Waals surface area contributed by atoms with Crippen LogP contribution in [0.1, 0.15) is 19.4 Å². The number of methoxy groups -OCH3 is 2. The molecule has 5 nitrogen and oxygen atoms in total. The third-order valence-electron chi connectivity index (χ3n) is 2.96. The Hall–Kier alpha value is -2.04. The molecule has 5 heteroatoms.